The first-order valence-electron chi connectivity index (χ1n) is 8.42. The number of likely N-dealkylation sites (tertiary alicyclic amines) is 1. The lowest BCUT2D eigenvalue weighted by Gasteiger charge is -2.45. The molecule has 1 aromatic rings. The smallest absolute Gasteiger partial charge is 0.179 e. The number of benzene rings is 1. The van der Waals surface area contributed by atoms with Crippen LogP contribution in [0.5, 0.6) is 0 Å². The van der Waals surface area contributed by atoms with Crippen LogP contribution in [-0.4, -0.2) is 54.2 Å². The number of nitriles is 1. The number of rotatable bonds is 3. The van der Waals surface area contributed by atoms with Crippen LogP contribution in [0.15, 0.2) is 24.3 Å². The first-order valence-corrected chi connectivity index (χ1v) is 8.80. The molecule has 1 aromatic carbocycles. The molecule has 0 radical (unpaired) electrons. The Balaban J connectivity index is 1.67. The van der Waals surface area contributed by atoms with E-state index in [1.54, 1.807) is 0 Å². The van der Waals surface area contributed by atoms with Gasteiger partial charge in [0.25, 0.3) is 0 Å². The molecule has 4 nitrogen and oxygen atoms in total. The maximum absolute atomic E-state index is 9.03. The van der Waals surface area contributed by atoms with Gasteiger partial charge >= 0.3 is 0 Å². The highest BCUT2D eigenvalue weighted by molar-refractivity contribution is 6.30. The van der Waals surface area contributed by atoms with Crippen LogP contribution in [0.25, 0.3) is 0 Å². The predicted molar refractivity (Wildman–Crippen MR) is 91.3 cm³/mol. The normalized spacial score (nSPS) is 26.9. The van der Waals surface area contributed by atoms with E-state index in [1.807, 2.05) is 17.0 Å². The molecule has 5 heteroatoms. The quantitative estimate of drug-likeness (QED) is 0.797. The number of ether oxygens (including phenoxy) is 1. The molecule has 0 N–H and O–H groups in total. The van der Waals surface area contributed by atoms with E-state index in [-0.39, 0.29) is 6.10 Å². The van der Waals surface area contributed by atoms with Gasteiger partial charge in [-0.2, -0.15) is 5.26 Å². The second-order valence-corrected chi connectivity index (χ2v) is 7.08. The molecule has 0 unspecified atom stereocenters. The van der Waals surface area contributed by atoms with Crippen LogP contribution in [0.1, 0.15) is 25.3 Å². The van der Waals surface area contributed by atoms with Crippen LogP contribution in [-0.2, 0) is 11.2 Å². The third-order valence-electron chi connectivity index (χ3n) is 4.97. The summed E-state index contributed by atoms with van der Waals surface area (Å²) in [5, 5.41) is 9.81. The Labute approximate surface area is 143 Å². The highest BCUT2D eigenvalue weighted by Crippen LogP contribution is 2.25. The van der Waals surface area contributed by atoms with Gasteiger partial charge in [0.15, 0.2) is 6.19 Å². The minimum atomic E-state index is 0.283. The van der Waals surface area contributed by atoms with Crippen molar-refractivity contribution in [3.63, 3.8) is 0 Å². The molecule has 2 heterocycles. The number of nitrogens with zero attached hydrogens (tertiary/aromatic N) is 3. The zero-order valence-electron chi connectivity index (χ0n) is 13.6. The molecule has 2 aliphatic rings. The van der Waals surface area contributed by atoms with E-state index in [4.69, 9.17) is 21.6 Å². The van der Waals surface area contributed by atoms with E-state index in [2.05, 4.69) is 30.1 Å². The Morgan fingerprint density at radius 3 is 2.61 bits per heavy atom. The molecule has 23 heavy (non-hydrogen) atoms. The van der Waals surface area contributed by atoms with Crippen LogP contribution in [0.2, 0.25) is 5.02 Å². The molecule has 2 aliphatic heterocycles. The molecule has 0 aromatic heterocycles. The summed E-state index contributed by atoms with van der Waals surface area (Å²) in [5.41, 5.74) is 1.30. The molecular weight excluding hydrogens is 310 g/mol. The van der Waals surface area contributed by atoms with Crippen molar-refractivity contribution in [1.29, 1.82) is 5.26 Å². The van der Waals surface area contributed by atoms with E-state index >= 15 is 0 Å². The molecule has 0 amide bonds. The topological polar surface area (TPSA) is 39.5 Å². The maximum atomic E-state index is 9.03. The average molecular weight is 334 g/mol. The van der Waals surface area contributed by atoms with Crippen LogP contribution in [0.4, 0.5) is 0 Å². The molecule has 2 fully saturated rings. The van der Waals surface area contributed by atoms with Crippen LogP contribution >= 0.6 is 11.6 Å². The largest absolute Gasteiger partial charge is 0.376 e. The fraction of sp³-hybridized carbons (Fsp3) is 0.611. The first kappa shape index (κ1) is 16.6. The summed E-state index contributed by atoms with van der Waals surface area (Å²) in [6, 6.07) is 9.10. The third-order valence-corrected chi connectivity index (χ3v) is 5.22. The van der Waals surface area contributed by atoms with Gasteiger partial charge in [0.2, 0.25) is 0 Å². The number of hydrogen-bond donors (Lipinski definition) is 0. The third kappa shape index (κ3) is 4.17. The van der Waals surface area contributed by atoms with Crippen molar-refractivity contribution in [2.24, 2.45) is 0 Å². The fourth-order valence-electron chi connectivity index (χ4n) is 3.68. The fourth-order valence-corrected chi connectivity index (χ4v) is 3.81. The van der Waals surface area contributed by atoms with Gasteiger partial charge in [-0.3, -0.25) is 4.90 Å². The molecular formula is C18H24ClN3O. The molecule has 0 aliphatic carbocycles. The molecule has 124 valence electrons. The minimum absolute atomic E-state index is 0.283. The van der Waals surface area contributed by atoms with Gasteiger partial charge in [0.05, 0.1) is 12.7 Å². The van der Waals surface area contributed by atoms with Crippen LogP contribution in [0, 0.1) is 11.5 Å². The Morgan fingerprint density at radius 1 is 1.26 bits per heavy atom. The van der Waals surface area contributed by atoms with Crippen molar-refractivity contribution >= 4 is 11.6 Å². The average Bonchev–Trinajstić information content (AvgIpc) is 2.58. The summed E-state index contributed by atoms with van der Waals surface area (Å²) in [6.07, 6.45) is 5.68. The van der Waals surface area contributed by atoms with E-state index in [0.29, 0.717) is 12.1 Å². The summed E-state index contributed by atoms with van der Waals surface area (Å²) in [6.45, 7) is 5.66. The molecule has 0 saturated carbocycles. The predicted octanol–water partition coefficient (Wildman–Crippen LogP) is 2.92. The highest BCUT2D eigenvalue weighted by atomic mass is 35.5. The second kappa shape index (κ2) is 7.53. The highest BCUT2D eigenvalue weighted by Gasteiger charge is 2.33. The van der Waals surface area contributed by atoms with Crippen LogP contribution < -0.4 is 0 Å². The molecule has 2 saturated heterocycles. The van der Waals surface area contributed by atoms with Crippen LogP contribution in [0.3, 0.4) is 0 Å². The summed E-state index contributed by atoms with van der Waals surface area (Å²) < 4.78 is 5.92. The Hall–Kier alpha value is -1.28. The minimum Gasteiger partial charge on any atom is -0.376 e. The maximum Gasteiger partial charge on any atom is 0.179 e. The van der Waals surface area contributed by atoms with Gasteiger partial charge in [0, 0.05) is 36.7 Å². The SMILES string of the molecule is C[C@H]1CN(C2CCN(C#N)CC2)[C@@H](Cc2ccc(Cl)cc2)CO1. The molecule has 3 rings (SSSR count). The van der Waals surface area contributed by atoms with Gasteiger partial charge in [0.1, 0.15) is 0 Å². The van der Waals surface area contributed by atoms with E-state index in [1.165, 1.54) is 5.56 Å². The van der Waals surface area contributed by atoms with Gasteiger partial charge in [-0.15, -0.1) is 0 Å². The molecule has 2 atom stereocenters. The first-order chi connectivity index (χ1) is 11.2. The molecule has 0 bridgehead atoms. The van der Waals surface area contributed by atoms with E-state index in [9.17, 15) is 0 Å². The lowest BCUT2D eigenvalue weighted by atomic mass is 9.96. The Kier molecular flexibility index (Phi) is 5.42. The van der Waals surface area contributed by atoms with Crippen molar-refractivity contribution in [3.8, 4) is 6.19 Å². The zero-order valence-corrected chi connectivity index (χ0v) is 14.4. The lowest BCUT2D eigenvalue weighted by Crippen LogP contribution is -2.56. The zero-order chi connectivity index (χ0) is 16.2. The number of piperidine rings is 1. The monoisotopic (exact) mass is 333 g/mol. The van der Waals surface area contributed by atoms with E-state index < -0.39 is 0 Å². The second-order valence-electron chi connectivity index (χ2n) is 6.64. The summed E-state index contributed by atoms with van der Waals surface area (Å²) in [4.78, 5) is 4.49. The van der Waals surface area contributed by atoms with Crippen molar-refractivity contribution in [1.82, 2.24) is 9.80 Å². The number of hydrogen-bond acceptors (Lipinski definition) is 4. The Morgan fingerprint density at radius 2 is 1.96 bits per heavy atom. The summed E-state index contributed by atoms with van der Waals surface area (Å²) >= 11 is 5.99. The van der Waals surface area contributed by atoms with Crippen molar-refractivity contribution in [2.45, 2.75) is 44.4 Å². The van der Waals surface area contributed by atoms with Gasteiger partial charge < -0.3 is 9.64 Å². The molecule has 0 spiro atoms. The number of halogens is 1. The standard InChI is InChI=1S/C18H24ClN3O/c1-14-11-22(17-6-8-21(13-20)9-7-17)18(12-23-14)10-15-2-4-16(19)5-3-15/h2-5,14,17-18H,6-12H2,1H3/t14-,18-/m0/s1. The summed E-state index contributed by atoms with van der Waals surface area (Å²) in [7, 11) is 0. The van der Waals surface area contributed by atoms with Crippen molar-refractivity contribution in [3.05, 3.63) is 34.9 Å². The van der Waals surface area contributed by atoms with Gasteiger partial charge in [-0.25, -0.2) is 0 Å². The number of morpholine rings is 1. The van der Waals surface area contributed by atoms with Crippen molar-refractivity contribution in [2.75, 3.05) is 26.2 Å². The van der Waals surface area contributed by atoms with Crippen molar-refractivity contribution < 1.29 is 4.74 Å². The lowest BCUT2D eigenvalue weighted by molar-refractivity contribution is -0.0780. The summed E-state index contributed by atoms with van der Waals surface area (Å²) in [5.74, 6) is 0. The van der Waals surface area contributed by atoms with E-state index in [0.717, 1.165) is 50.5 Å². The van der Waals surface area contributed by atoms with Gasteiger partial charge in [-0.1, -0.05) is 23.7 Å². The van der Waals surface area contributed by atoms with Gasteiger partial charge in [-0.05, 0) is 43.9 Å². The Bertz CT molecular complexity index is 548.